The van der Waals surface area contributed by atoms with Gasteiger partial charge in [0.1, 0.15) is 0 Å². The Morgan fingerprint density at radius 2 is 2.00 bits per heavy atom. The number of amides is 1. The highest BCUT2D eigenvalue weighted by Crippen LogP contribution is 2.51. The highest BCUT2D eigenvalue weighted by molar-refractivity contribution is 5.78. The van der Waals surface area contributed by atoms with Crippen molar-refractivity contribution in [2.75, 3.05) is 20.2 Å². The fourth-order valence-corrected chi connectivity index (χ4v) is 3.20. The summed E-state index contributed by atoms with van der Waals surface area (Å²) in [6.07, 6.45) is 3.32. The Hall–Kier alpha value is -0.610. The molecule has 1 aliphatic carbocycles. The Labute approximate surface area is 104 Å². The van der Waals surface area contributed by atoms with E-state index < -0.39 is 0 Å². The lowest BCUT2D eigenvalue weighted by Gasteiger charge is -2.58. The van der Waals surface area contributed by atoms with E-state index in [1.807, 2.05) is 18.9 Å². The normalized spacial score (nSPS) is 26.4. The van der Waals surface area contributed by atoms with Gasteiger partial charge in [-0.15, -0.1) is 0 Å². The highest BCUT2D eigenvalue weighted by Gasteiger charge is 2.55. The number of nitrogens with two attached hydrogens (primary N) is 1. The number of carbonyl (C=O) groups excluding carboxylic acids is 1. The fourth-order valence-electron chi connectivity index (χ4n) is 3.20. The largest absolute Gasteiger partial charge is 0.378 e. The Morgan fingerprint density at radius 1 is 1.41 bits per heavy atom. The Kier molecular flexibility index (Phi) is 4.95. The Morgan fingerprint density at radius 3 is 2.41 bits per heavy atom. The van der Waals surface area contributed by atoms with Gasteiger partial charge in [0.25, 0.3) is 0 Å². The van der Waals surface area contributed by atoms with Gasteiger partial charge in [-0.3, -0.25) is 4.79 Å². The molecular formula is C13H26N2O2. The van der Waals surface area contributed by atoms with Crippen LogP contribution in [0.4, 0.5) is 0 Å². The molecule has 2 atom stereocenters. The van der Waals surface area contributed by atoms with Crippen molar-refractivity contribution in [2.45, 2.75) is 52.2 Å². The predicted molar refractivity (Wildman–Crippen MR) is 68.7 cm³/mol. The molecule has 0 unspecified atom stereocenters. The van der Waals surface area contributed by atoms with E-state index in [-0.39, 0.29) is 23.9 Å². The van der Waals surface area contributed by atoms with Gasteiger partial charge in [0.2, 0.25) is 5.91 Å². The minimum absolute atomic E-state index is 0.0243. The zero-order valence-electron chi connectivity index (χ0n) is 11.5. The van der Waals surface area contributed by atoms with Gasteiger partial charge in [0, 0.05) is 25.1 Å². The fraction of sp³-hybridized carbons (Fsp3) is 0.923. The number of rotatable bonds is 6. The smallest absolute Gasteiger partial charge is 0.236 e. The maximum atomic E-state index is 11.7. The maximum Gasteiger partial charge on any atom is 0.236 e. The zero-order chi connectivity index (χ0) is 13.1. The first kappa shape index (κ1) is 14.5. The van der Waals surface area contributed by atoms with Crippen molar-refractivity contribution in [2.24, 2.45) is 11.1 Å². The van der Waals surface area contributed by atoms with Crippen LogP contribution in [0.3, 0.4) is 0 Å². The van der Waals surface area contributed by atoms with Crippen LogP contribution in [0.25, 0.3) is 0 Å². The van der Waals surface area contributed by atoms with Gasteiger partial charge in [0.15, 0.2) is 0 Å². The molecule has 1 rings (SSSR count). The topological polar surface area (TPSA) is 55.6 Å². The third-order valence-electron chi connectivity index (χ3n) is 4.46. The summed E-state index contributed by atoms with van der Waals surface area (Å²) < 4.78 is 5.80. The summed E-state index contributed by atoms with van der Waals surface area (Å²) in [7, 11) is 1.86. The number of carbonyl (C=O) groups is 1. The van der Waals surface area contributed by atoms with Gasteiger partial charge in [-0.05, 0) is 26.2 Å². The minimum atomic E-state index is 0.0243. The standard InChI is InChI=1S/C13H26N2O2/c1-5-13(6-2)10(8-11(13)17-7-3)15(4)12(16)9-14/h10-11H,5-9,14H2,1-4H3/t10-,11-/m1/s1. The lowest BCUT2D eigenvalue weighted by atomic mass is 9.58. The van der Waals surface area contributed by atoms with Gasteiger partial charge in [-0.1, -0.05) is 13.8 Å². The third kappa shape index (κ3) is 2.33. The van der Waals surface area contributed by atoms with Gasteiger partial charge in [-0.2, -0.15) is 0 Å². The molecular weight excluding hydrogens is 216 g/mol. The average molecular weight is 242 g/mol. The molecule has 0 aromatic rings. The van der Waals surface area contributed by atoms with Crippen molar-refractivity contribution in [1.82, 2.24) is 4.90 Å². The second-order valence-electron chi connectivity index (χ2n) is 4.84. The third-order valence-corrected chi connectivity index (χ3v) is 4.46. The van der Waals surface area contributed by atoms with E-state index in [4.69, 9.17) is 10.5 Å². The van der Waals surface area contributed by atoms with E-state index in [1.54, 1.807) is 0 Å². The molecule has 1 amide bonds. The van der Waals surface area contributed by atoms with E-state index in [9.17, 15) is 4.79 Å². The molecule has 1 saturated carbocycles. The van der Waals surface area contributed by atoms with Crippen LogP contribution >= 0.6 is 0 Å². The van der Waals surface area contributed by atoms with Gasteiger partial charge in [0.05, 0.1) is 12.6 Å². The van der Waals surface area contributed by atoms with Crippen molar-refractivity contribution in [1.29, 1.82) is 0 Å². The highest BCUT2D eigenvalue weighted by atomic mass is 16.5. The zero-order valence-corrected chi connectivity index (χ0v) is 11.5. The van der Waals surface area contributed by atoms with E-state index in [1.165, 1.54) is 0 Å². The summed E-state index contributed by atoms with van der Waals surface area (Å²) >= 11 is 0. The summed E-state index contributed by atoms with van der Waals surface area (Å²) in [5, 5.41) is 0. The number of hydrogen-bond donors (Lipinski definition) is 1. The first-order valence-electron chi connectivity index (χ1n) is 6.64. The van der Waals surface area contributed by atoms with Crippen LogP contribution in [0, 0.1) is 5.41 Å². The summed E-state index contributed by atoms with van der Waals surface area (Å²) in [6, 6.07) is 0.282. The molecule has 0 spiro atoms. The van der Waals surface area contributed by atoms with Crippen LogP contribution in [0.2, 0.25) is 0 Å². The van der Waals surface area contributed by atoms with Crippen LogP contribution in [-0.4, -0.2) is 43.2 Å². The summed E-state index contributed by atoms with van der Waals surface area (Å²) in [5.74, 6) is 0.0243. The molecule has 0 saturated heterocycles. The van der Waals surface area contributed by atoms with Gasteiger partial charge >= 0.3 is 0 Å². The van der Waals surface area contributed by atoms with E-state index >= 15 is 0 Å². The van der Waals surface area contributed by atoms with Crippen LogP contribution in [0.1, 0.15) is 40.0 Å². The van der Waals surface area contributed by atoms with Crippen LogP contribution < -0.4 is 5.73 Å². The number of nitrogens with zero attached hydrogens (tertiary/aromatic N) is 1. The van der Waals surface area contributed by atoms with Crippen molar-refractivity contribution in [3.8, 4) is 0 Å². The molecule has 0 aromatic carbocycles. The summed E-state index contributed by atoms with van der Waals surface area (Å²) in [4.78, 5) is 13.5. The molecule has 17 heavy (non-hydrogen) atoms. The molecule has 100 valence electrons. The quantitative estimate of drug-likeness (QED) is 0.765. The number of likely N-dealkylation sites (N-methyl/N-ethyl adjacent to an activating group) is 1. The molecule has 0 aromatic heterocycles. The van der Waals surface area contributed by atoms with E-state index in [0.717, 1.165) is 25.9 Å². The van der Waals surface area contributed by atoms with Crippen molar-refractivity contribution in [3.63, 3.8) is 0 Å². The molecule has 1 fully saturated rings. The van der Waals surface area contributed by atoms with Gasteiger partial charge in [-0.25, -0.2) is 0 Å². The van der Waals surface area contributed by atoms with Crippen LogP contribution in [-0.2, 0) is 9.53 Å². The molecule has 0 heterocycles. The monoisotopic (exact) mass is 242 g/mol. The average Bonchev–Trinajstić information content (AvgIpc) is 2.34. The lowest BCUT2D eigenvalue weighted by molar-refractivity contribution is -0.176. The van der Waals surface area contributed by atoms with E-state index in [2.05, 4.69) is 13.8 Å². The van der Waals surface area contributed by atoms with E-state index in [0.29, 0.717) is 6.10 Å². The lowest BCUT2D eigenvalue weighted by Crippen LogP contribution is -2.65. The maximum absolute atomic E-state index is 11.7. The summed E-state index contributed by atoms with van der Waals surface area (Å²) in [5.41, 5.74) is 5.55. The number of ether oxygens (including phenoxy) is 1. The first-order valence-corrected chi connectivity index (χ1v) is 6.64. The molecule has 1 aliphatic rings. The van der Waals surface area contributed by atoms with Crippen molar-refractivity contribution in [3.05, 3.63) is 0 Å². The number of hydrogen-bond acceptors (Lipinski definition) is 3. The Balaban J connectivity index is 2.78. The Bertz CT molecular complexity index is 264. The molecule has 2 N–H and O–H groups in total. The minimum Gasteiger partial charge on any atom is -0.378 e. The summed E-state index contributed by atoms with van der Waals surface area (Å²) in [6.45, 7) is 7.23. The SMILES string of the molecule is CCO[C@@H]1C[C@@H](N(C)C(=O)CN)C1(CC)CC. The van der Waals surface area contributed by atoms with Crippen molar-refractivity contribution >= 4 is 5.91 Å². The first-order chi connectivity index (χ1) is 8.07. The molecule has 0 radical (unpaired) electrons. The molecule has 0 bridgehead atoms. The molecule has 4 heteroatoms. The van der Waals surface area contributed by atoms with Crippen LogP contribution in [0.5, 0.6) is 0 Å². The van der Waals surface area contributed by atoms with Crippen LogP contribution in [0.15, 0.2) is 0 Å². The second kappa shape index (κ2) is 5.83. The van der Waals surface area contributed by atoms with Gasteiger partial charge < -0.3 is 15.4 Å². The predicted octanol–water partition coefficient (Wildman–Crippen LogP) is 1.39. The van der Waals surface area contributed by atoms with Crippen molar-refractivity contribution < 1.29 is 9.53 Å². The molecule has 4 nitrogen and oxygen atoms in total. The molecule has 0 aliphatic heterocycles. The second-order valence-corrected chi connectivity index (χ2v) is 4.84.